The summed E-state index contributed by atoms with van der Waals surface area (Å²) in [6.45, 7) is 0.184. The van der Waals surface area contributed by atoms with E-state index >= 15 is 0 Å². The minimum Gasteiger partial charge on any atom is -0.488 e. The molecular formula is C14H11BrFNO2. The van der Waals surface area contributed by atoms with E-state index < -0.39 is 5.91 Å². The zero-order valence-corrected chi connectivity index (χ0v) is 11.5. The maximum Gasteiger partial charge on any atom is 0.249 e. The normalized spacial score (nSPS) is 10.2. The van der Waals surface area contributed by atoms with Crippen molar-refractivity contribution < 1.29 is 13.9 Å². The first-order valence-electron chi connectivity index (χ1n) is 5.53. The van der Waals surface area contributed by atoms with Crippen molar-refractivity contribution in [3.05, 3.63) is 63.9 Å². The highest BCUT2D eigenvalue weighted by Gasteiger charge is 2.09. The third-order valence-corrected chi connectivity index (χ3v) is 3.18. The number of carbonyl (C=O) groups excluding carboxylic acids is 1. The monoisotopic (exact) mass is 323 g/mol. The molecule has 0 spiro atoms. The highest BCUT2D eigenvalue weighted by molar-refractivity contribution is 9.10. The standard InChI is InChI=1S/C14H11BrFNO2/c15-12-7-10(16)5-6-13(12)19-8-9-3-1-2-4-11(9)14(17)18/h1-7H,8H2,(H2,17,18). The molecule has 0 fully saturated rings. The molecule has 0 radical (unpaired) electrons. The first-order valence-corrected chi connectivity index (χ1v) is 6.33. The quantitative estimate of drug-likeness (QED) is 0.938. The maximum absolute atomic E-state index is 12.9. The summed E-state index contributed by atoms with van der Waals surface area (Å²) < 4.78 is 19.0. The second-order valence-corrected chi connectivity index (χ2v) is 4.74. The van der Waals surface area contributed by atoms with E-state index in [4.69, 9.17) is 10.5 Å². The summed E-state index contributed by atoms with van der Waals surface area (Å²) in [5.41, 5.74) is 6.38. The molecule has 2 aromatic carbocycles. The fourth-order valence-corrected chi connectivity index (χ4v) is 2.10. The molecular weight excluding hydrogens is 313 g/mol. The molecule has 0 saturated carbocycles. The van der Waals surface area contributed by atoms with E-state index in [0.29, 0.717) is 21.3 Å². The molecule has 2 N–H and O–H groups in total. The first kappa shape index (κ1) is 13.5. The lowest BCUT2D eigenvalue weighted by atomic mass is 10.1. The van der Waals surface area contributed by atoms with Crippen molar-refractivity contribution >= 4 is 21.8 Å². The number of amides is 1. The van der Waals surface area contributed by atoms with Crippen LogP contribution in [-0.4, -0.2) is 5.91 Å². The Labute approximate surface area is 118 Å². The van der Waals surface area contributed by atoms with Crippen molar-refractivity contribution in [2.45, 2.75) is 6.61 Å². The number of rotatable bonds is 4. The van der Waals surface area contributed by atoms with Crippen molar-refractivity contribution in [3.8, 4) is 5.75 Å². The average molecular weight is 324 g/mol. The SMILES string of the molecule is NC(=O)c1ccccc1COc1ccc(F)cc1Br. The lowest BCUT2D eigenvalue weighted by Crippen LogP contribution is -2.14. The molecule has 0 saturated heterocycles. The van der Waals surface area contributed by atoms with Gasteiger partial charge in [-0.1, -0.05) is 18.2 Å². The van der Waals surface area contributed by atoms with Crippen LogP contribution in [-0.2, 0) is 6.61 Å². The van der Waals surface area contributed by atoms with Gasteiger partial charge in [0.15, 0.2) is 0 Å². The Balaban J connectivity index is 2.17. The Kier molecular flexibility index (Phi) is 4.16. The summed E-state index contributed by atoms with van der Waals surface area (Å²) in [6.07, 6.45) is 0. The molecule has 0 aliphatic heterocycles. The molecule has 3 nitrogen and oxygen atoms in total. The van der Waals surface area contributed by atoms with Crippen LogP contribution >= 0.6 is 15.9 Å². The van der Waals surface area contributed by atoms with Gasteiger partial charge in [0.1, 0.15) is 18.2 Å². The number of ether oxygens (including phenoxy) is 1. The van der Waals surface area contributed by atoms with Gasteiger partial charge in [-0.3, -0.25) is 4.79 Å². The third-order valence-electron chi connectivity index (χ3n) is 2.56. The van der Waals surface area contributed by atoms with E-state index in [1.54, 1.807) is 24.3 Å². The van der Waals surface area contributed by atoms with Gasteiger partial charge in [-0.15, -0.1) is 0 Å². The summed E-state index contributed by atoms with van der Waals surface area (Å²) in [5.74, 6) is -0.352. The van der Waals surface area contributed by atoms with Crippen LogP contribution in [0.3, 0.4) is 0 Å². The van der Waals surface area contributed by atoms with Crippen LogP contribution in [0.4, 0.5) is 4.39 Å². The van der Waals surface area contributed by atoms with Crippen LogP contribution in [0.25, 0.3) is 0 Å². The molecule has 2 aromatic rings. The zero-order valence-electron chi connectivity index (χ0n) is 9.90. The highest BCUT2D eigenvalue weighted by atomic mass is 79.9. The second-order valence-electron chi connectivity index (χ2n) is 3.88. The predicted octanol–water partition coefficient (Wildman–Crippen LogP) is 3.27. The number of hydrogen-bond donors (Lipinski definition) is 1. The van der Waals surface area contributed by atoms with E-state index in [2.05, 4.69) is 15.9 Å². The molecule has 1 amide bonds. The minimum absolute atomic E-state index is 0.184. The number of carbonyl (C=O) groups is 1. The number of benzene rings is 2. The van der Waals surface area contributed by atoms with Crippen molar-refractivity contribution in [3.63, 3.8) is 0 Å². The Hall–Kier alpha value is -1.88. The van der Waals surface area contributed by atoms with Gasteiger partial charge >= 0.3 is 0 Å². The van der Waals surface area contributed by atoms with Crippen molar-refractivity contribution in [1.29, 1.82) is 0 Å². The Morgan fingerprint density at radius 3 is 2.68 bits per heavy atom. The van der Waals surface area contributed by atoms with Crippen LogP contribution < -0.4 is 10.5 Å². The maximum atomic E-state index is 12.9. The Morgan fingerprint density at radius 1 is 1.26 bits per heavy atom. The van der Waals surface area contributed by atoms with Gasteiger partial charge in [0.25, 0.3) is 0 Å². The van der Waals surface area contributed by atoms with Gasteiger partial charge < -0.3 is 10.5 Å². The summed E-state index contributed by atoms with van der Waals surface area (Å²) in [4.78, 5) is 11.3. The number of primary amides is 1. The predicted molar refractivity (Wildman–Crippen MR) is 73.4 cm³/mol. The fourth-order valence-electron chi connectivity index (χ4n) is 1.63. The Morgan fingerprint density at radius 2 is 2.00 bits per heavy atom. The molecule has 0 bridgehead atoms. The van der Waals surface area contributed by atoms with Gasteiger partial charge in [0, 0.05) is 11.1 Å². The van der Waals surface area contributed by atoms with E-state index in [1.807, 2.05) is 0 Å². The van der Waals surface area contributed by atoms with E-state index in [1.165, 1.54) is 18.2 Å². The van der Waals surface area contributed by atoms with Gasteiger partial charge in [0.2, 0.25) is 5.91 Å². The van der Waals surface area contributed by atoms with Gasteiger partial charge in [-0.25, -0.2) is 4.39 Å². The largest absolute Gasteiger partial charge is 0.488 e. The zero-order chi connectivity index (χ0) is 13.8. The molecule has 98 valence electrons. The van der Waals surface area contributed by atoms with Crippen LogP contribution in [0.15, 0.2) is 46.9 Å². The summed E-state index contributed by atoms with van der Waals surface area (Å²) in [7, 11) is 0. The van der Waals surface area contributed by atoms with Crippen LogP contribution in [0, 0.1) is 5.82 Å². The second kappa shape index (κ2) is 5.84. The number of halogens is 2. The highest BCUT2D eigenvalue weighted by Crippen LogP contribution is 2.26. The molecule has 0 unspecified atom stereocenters. The Bertz CT molecular complexity index is 616. The molecule has 0 aromatic heterocycles. The van der Waals surface area contributed by atoms with E-state index in [9.17, 15) is 9.18 Å². The molecule has 0 aliphatic carbocycles. The summed E-state index contributed by atoms with van der Waals surface area (Å²) in [6, 6.07) is 11.1. The van der Waals surface area contributed by atoms with Crippen LogP contribution in [0.5, 0.6) is 5.75 Å². The first-order chi connectivity index (χ1) is 9.08. The van der Waals surface area contributed by atoms with Crippen molar-refractivity contribution in [2.24, 2.45) is 5.73 Å². The topological polar surface area (TPSA) is 52.3 Å². The fraction of sp³-hybridized carbons (Fsp3) is 0.0714. The molecule has 0 heterocycles. The minimum atomic E-state index is -0.502. The van der Waals surface area contributed by atoms with Gasteiger partial charge in [-0.05, 0) is 40.2 Å². The summed E-state index contributed by atoms with van der Waals surface area (Å²) in [5, 5.41) is 0. The molecule has 0 atom stereocenters. The number of hydrogen-bond acceptors (Lipinski definition) is 2. The van der Waals surface area contributed by atoms with Crippen molar-refractivity contribution in [1.82, 2.24) is 0 Å². The average Bonchev–Trinajstić information content (AvgIpc) is 2.38. The molecule has 0 aliphatic rings. The molecule has 2 rings (SSSR count). The molecule has 5 heteroatoms. The number of nitrogens with two attached hydrogens (primary N) is 1. The smallest absolute Gasteiger partial charge is 0.249 e. The van der Waals surface area contributed by atoms with Gasteiger partial charge in [-0.2, -0.15) is 0 Å². The molecule has 19 heavy (non-hydrogen) atoms. The van der Waals surface area contributed by atoms with Crippen LogP contribution in [0.1, 0.15) is 15.9 Å². The van der Waals surface area contributed by atoms with E-state index in [0.717, 1.165) is 0 Å². The lowest BCUT2D eigenvalue weighted by molar-refractivity contribution is 0.0998. The summed E-state index contributed by atoms with van der Waals surface area (Å²) >= 11 is 3.21. The lowest BCUT2D eigenvalue weighted by Gasteiger charge is -2.10. The van der Waals surface area contributed by atoms with Gasteiger partial charge in [0.05, 0.1) is 4.47 Å². The van der Waals surface area contributed by atoms with Crippen LogP contribution in [0.2, 0.25) is 0 Å². The van der Waals surface area contributed by atoms with Crippen molar-refractivity contribution in [2.75, 3.05) is 0 Å². The third kappa shape index (κ3) is 3.32. The van der Waals surface area contributed by atoms with E-state index in [-0.39, 0.29) is 12.4 Å².